The number of hydrogen-bond donors (Lipinski definition) is 12. The van der Waals surface area contributed by atoms with Gasteiger partial charge in [0, 0.05) is 54.7 Å². The number of nitrogens with zero attached hydrogens (tertiary/aromatic N) is 3. The molecule has 23 heteroatoms. The molecule has 21 nitrogen and oxygen atoms in total. The molecule has 1 aliphatic heterocycles. The Morgan fingerprint density at radius 1 is 0.788 bits per heavy atom. The largest absolute Gasteiger partial charge is 0.480 e. The van der Waals surface area contributed by atoms with E-state index in [2.05, 4.69) is 77.1 Å². The third-order valence-corrected chi connectivity index (χ3v) is 8.47. The Morgan fingerprint density at radius 3 is 1.81 bits per heavy atom. The molecule has 2 aromatic rings. The van der Waals surface area contributed by atoms with E-state index in [4.69, 9.17) is 10.8 Å². The number of nitrogens with two attached hydrogens (primary N) is 1. The van der Waals surface area contributed by atoms with Gasteiger partial charge in [-0.15, -0.1) is 0 Å². The van der Waals surface area contributed by atoms with Crippen LogP contribution in [0.5, 0.6) is 0 Å². The Morgan fingerprint density at radius 2 is 1.31 bits per heavy atom. The number of carbonyl (C=O) groups excluding carboxylic acids is 7. The number of aromatic nitrogens is 4. The molecule has 284 valence electrons. The number of carboxylic acid groups (broad SMARTS) is 1. The molecule has 1 aliphatic rings. The predicted molar refractivity (Wildman–Crippen MR) is 187 cm³/mol. The number of carboxylic acids is 1. The molecule has 11 N–H and O–H groups in total. The van der Waals surface area contributed by atoms with Crippen LogP contribution in [0.1, 0.15) is 24.2 Å². The summed E-state index contributed by atoms with van der Waals surface area (Å²) in [4.78, 5) is 116. The maximum atomic E-state index is 13.9. The molecule has 1 fully saturated rings. The van der Waals surface area contributed by atoms with E-state index >= 15 is 0 Å². The van der Waals surface area contributed by atoms with Crippen LogP contribution in [0.15, 0.2) is 25.0 Å². The first-order chi connectivity index (χ1) is 24.9. The van der Waals surface area contributed by atoms with Crippen LogP contribution in [0.4, 0.5) is 0 Å². The van der Waals surface area contributed by atoms with Crippen molar-refractivity contribution in [2.24, 2.45) is 5.73 Å². The second-order valence-corrected chi connectivity index (χ2v) is 12.2. The zero-order valence-electron chi connectivity index (χ0n) is 27.8. The minimum Gasteiger partial charge on any atom is -0.480 e. The van der Waals surface area contributed by atoms with Crippen LogP contribution in [-0.4, -0.2) is 145 Å². The van der Waals surface area contributed by atoms with E-state index < -0.39 is 90.6 Å². The van der Waals surface area contributed by atoms with Gasteiger partial charge in [0.15, 0.2) is 0 Å². The molecule has 7 amide bonds. The first-order valence-electron chi connectivity index (χ1n) is 16.0. The number of carbonyl (C=O) groups is 8. The van der Waals surface area contributed by atoms with Gasteiger partial charge in [-0.1, -0.05) is 0 Å². The number of aromatic amines is 2. The van der Waals surface area contributed by atoms with Gasteiger partial charge in [0.05, 0.1) is 32.3 Å². The number of H-pyrrole nitrogens is 2. The Balaban J connectivity index is 1.63. The van der Waals surface area contributed by atoms with Gasteiger partial charge in [-0.05, 0) is 12.8 Å². The maximum Gasteiger partial charge on any atom is 0.327 e. The normalized spacial score (nSPS) is 16.1. The fourth-order valence-corrected chi connectivity index (χ4v) is 5.62. The van der Waals surface area contributed by atoms with E-state index in [9.17, 15) is 38.4 Å². The van der Waals surface area contributed by atoms with E-state index in [0.29, 0.717) is 17.8 Å². The highest BCUT2D eigenvalue weighted by molar-refractivity contribution is 7.80. The molecular weight excluding hydrogens is 725 g/mol. The number of hydrogen-bond acceptors (Lipinski definition) is 13. The van der Waals surface area contributed by atoms with Gasteiger partial charge in [-0.2, -0.15) is 25.3 Å². The molecule has 52 heavy (non-hydrogen) atoms. The predicted octanol–water partition coefficient (Wildman–Crippen LogP) is -5.02. The zero-order chi connectivity index (χ0) is 38.2. The van der Waals surface area contributed by atoms with E-state index in [1.807, 2.05) is 0 Å². The van der Waals surface area contributed by atoms with Crippen molar-refractivity contribution in [3.63, 3.8) is 0 Å². The smallest absolute Gasteiger partial charge is 0.327 e. The van der Waals surface area contributed by atoms with Gasteiger partial charge in [0.1, 0.15) is 30.2 Å². The number of likely N-dealkylation sites (tertiary alicyclic amines) is 1. The zero-order valence-corrected chi connectivity index (χ0v) is 29.6. The molecule has 0 aliphatic carbocycles. The molecule has 2 aromatic heterocycles. The Bertz CT molecular complexity index is 1560. The van der Waals surface area contributed by atoms with Crippen LogP contribution in [0, 0.1) is 0 Å². The van der Waals surface area contributed by atoms with Crippen molar-refractivity contribution in [3.8, 4) is 0 Å². The second kappa shape index (κ2) is 20.6. The van der Waals surface area contributed by atoms with Crippen molar-refractivity contribution in [2.75, 3.05) is 37.7 Å². The van der Waals surface area contributed by atoms with Crippen molar-refractivity contribution >= 4 is 72.6 Å². The number of aliphatic carboxylic acids is 1. The number of nitrogens with one attached hydrogen (secondary N) is 8. The van der Waals surface area contributed by atoms with Gasteiger partial charge < -0.3 is 57.6 Å². The lowest BCUT2D eigenvalue weighted by molar-refractivity contribution is -0.142. The first kappa shape index (κ1) is 41.3. The summed E-state index contributed by atoms with van der Waals surface area (Å²) < 4.78 is 0. The SMILES string of the molecule is NCC(=O)N[C@@H](Cc1cnc[nH]1)C(=O)NCC(=O)N[C@@H](Cc1cnc[nH]1)C(=O)N1CCC[C@H]1C(=O)N[C@@H](CS)C(=O)NCC(=O)N[C@@H](CS)C(=O)O. The van der Waals surface area contributed by atoms with Gasteiger partial charge in [0.25, 0.3) is 0 Å². The highest BCUT2D eigenvalue weighted by Gasteiger charge is 2.39. The molecular formula is C29H42N12O9S2. The molecule has 0 spiro atoms. The van der Waals surface area contributed by atoms with Gasteiger partial charge in [0.2, 0.25) is 41.4 Å². The van der Waals surface area contributed by atoms with Crippen LogP contribution < -0.4 is 37.6 Å². The van der Waals surface area contributed by atoms with Crippen LogP contribution >= 0.6 is 25.3 Å². The lowest BCUT2D eigenvalue weighted by atomic mass is 10.1. The molecule has 5 atom stereocenters. The summed E-state index contributed by atoms with van der Waals surface area (Å²) in [5.74, 6) is -6.51. The van der Waals surface area contributed by atoms with E-state index in [-0.39, 0.29) is 43.9 Å². The Labute approximate surface area is 308 Å². The summed E-state index contributed by atoms with van der Waals surface area (Å²) in [5, 5.41) is 23.6. The minimum atomic E-state index is -1.30. The summed E-state index contributed by atoms with van der Waals surface area (Å²) in [5.41, 5.74) is 6.41. The molecule has 3 rings (SSSR count). The summed E-state index contributed by atoms with van der Waals surface area (Å²) in [6, 6.07) is -5.78. The number of imidazole rings is 2. The molecule has 0 unspecified atom stereocenters. The molecule has 0 saturated carbocycles. The van der Waals surface area contributed by atoms with Crippen LogP contribution in [0.3, 0.4) is 0 Å². The first-order valence-corrected chi connectivity index (χ1v) is 17.3. The third-order valence-electron chi connectivity index (χ3n) is 7.74. The van der Waals surface area contributed by atoms with Gasteiger partial charge >= 0.3 is 5.97 Å². The third kappa shape index (κ3) is 12.6. The minimum absolute atomic E-state index is 0.0350. The summed E-state index contributed by atoms with van der Waals surface area (Å²) in [6.07, 6.45) is 6.39. The van der Waals surface area contributed by atoms with E-state index in [1.54, 1.807) is 0 Å². The van der Waals surface area contributed by atoms with Crippen molar-refractivity contribution in [1.29, 1.82) is 0 Å². The fraction of sp³-hybridized carbons (Fsp3) is 0.517. The van der Waals surface area contributed by atoms with Crippen LogP contribution in [0.2, 0.25) is 0 Å². The average molecular weight is 767 g/mol. The maximum absolute atomic E-state index is 13.9. The second-order valence-electron chi connectivity index (χ2n) is 11.5. The summed E-state index contributed by atoms with van der Waals surface area (Å²) >= 11 is 7.98. The summed E-state index contributed by atoms with van der Waals surface area (Å²) in [6.45, 7) is -1.34. The standard InChI is InChI=1S/C29H42N12O9S2/c30-6-22(42)37-17(4-15-7-31-13-35-15)25(45)33-9-23(43)38-18(5-16-8-32-14-36-16)28(48)41-3-1-2-21(41)27(47)40-19(11-51)26(46)34-10-24(44)39-20(12-52)29(49)50/h7-8,13-14,17-21,51-52H,1-6,9-12,30H2,(H,31,35)(H,32,36)(H,33,45)(H,34,46)(H,37,42)(H,38,43)(H,39,44)(H,40,47)(H,49,50)/t17-,18-,19-,20-,21-/m0/s1. The Hall–Kier alpha value is -5.16. The van der Waals surface area contributed by atoms with Crippen molar-refractivity contribution in [3.05, 3.63) is 36.4 Å². The molecule has 3 heterocycles. The molecule has 0 aromatic carbocycles. The van der Waals surface area contributed by atoms with Gasteiger partial charge in [-0.25, -0.2) is 14.8 Å². The topological polar surface area (TPSA) is 316 Å². The number of amides is 7. The number of thiol groups is 2. The highest BCUT2D eigenvalue weighted by Crippen LogP contribution is 2.20. The van der Waals surface area contributed by atoms with Gasteiger partial charge in [-0.3, -0.25) is 33.6 Å². The number of rotatable bonds is 20. The highest BCUT2D eigenvalue weighted by atomic mass is 32.1. The van der Waals surface area contributed by atoms with Crippen molar-refractivity contribution < 1.29 is 43.5 Å². The lowest BCUT2D eigenvalue weighted by Gasteiger charge is -2.29. The van der Waals surface area contributed by atoms with Crippen LogP contribution in [0.25, 0.3) is 0 Å². The molecule has 0 bridgehead atoms. The lowest BCUT2D eigenvalue weighted by Crippen LogP contribution is -2.58. The summed E-state index contributed by atoms with van der Waals surface area (Å²) in [7, 11) is 0. The molecule has 0 radical (unpaired) electrons. The fourth-order valence-electron chi connectivity index (χ4n) is 5.12. The Kier molecular flexibility index (Phi) is 16.4. The van der Waals surface area contributed by atoms with Crippen molar-refractivity contribution in [2.45, 2.75) is 55.9 Å². The average Bonchev–Trinajstić information content (AvgIpc) is 3.94. The van der Waals surface area contributed by atoms with Crippen molar-refractivity contribution in [1.82, 2.24) is 56.7 Å². The van der Waals surface area contributed by atoms with E-state index in [1.165, 1.54) is 29.9 Å². The monoisotopic (exact) mass is 766 g/mol. The van der Waals surface area contributed by atoms with E-state index in [0.717, 1.165) is 0 Å². The van der Waals surface area contributed by atoms with Crippen LogP contribution in [-0.2, 0) is 51.2 Å². The quantitative estimate of drug-likeness (QED) is 0.0564. The molecule has 1 saturated heterocycles.